The summed E-state index contributed by atoms with van der Waals surface area (Å²) in [6.07, 6.45) is 2.30. The van der Waals surface area contributed by atoms with Crippen molar-refractivity contribution in [2.24, 2.45) is 0 Å². The summed E-state index contributed by atoms with van der Waals surface area (Å²) in [4.78, 5) is 26.6. The summed E-state index contributed by atoms with van der Waals surface area (Å²) < 4.78 is 4.65. The number of thiophene rings is 1. The zero-order valence-corrected chi connectivity index (χ0v) is 15.9. The fraction of sp³-hybridized carbons (Fsp3) is 0.250. The van der Waals surface area contributed by atoms with Crippen LogP contribution in [0, 0.1) is 0 Å². The largest absolute Gasteiger partial charge is 0.363 e. The molecule has 4 rings (SSSR count). The predicted molar refractivity (Wildman–Crippen MR) is 106 cm³/mol. The van der Waals surface area contributed by atoms with Crippen LogP contribution < -0.4 is 10.6 Å². The molecule has 1 atom stereocenters. The Kier molecular flexibility index (Phi) is 5.50. The van der Waals surface area contributed by atoms with Gasteiger partial charge in [0.2, 0.25) is 0 Å². The molecule has 3 aromatic rings. The van der Waals surface area contributed by atoms with E-state index in [1.165, 1.54) is 23.5 Å². The van der Waals surface area contributed by atoms with Gasteiger partial charge in [-0.05, 0) is 39.9 Å². The van der Waals surface area contributed by atoms with Gasteiger partial charge < -0.3 is 9.84 Å². The molecule has 0 aliphatic carbocycles. The third-order valence-electron chi connectivity index (χ3n) is 4.87. The molecule has 8 heteroatoms. The number of rotatable bonds is 5. The van der Waals surface area contributed by atoms with Gasteiger partial charge in [0.05, 0.1) is 6.04 Å². The van der Waals surface area contributed by atoms with E-state index in [0.717, 1.165) is 25.1 Å². The lowest BCUT2D eigenvalue weighted by Crippen LogP contribution is -2.43. The molecule has 0 radical (unpaired) electrons. The van der Waals surface area contributed by atoms with E-state index in [9.17, 15) is 9.59 Å². The van der Waals surface area contributed by atoms with Crippen LogP contribution in [0.25, 0.3) is 0 Å². The number of hydrogen-bond acceptors (Lipinski definition) is 6. The Balaban J connectivity index is 1.43. The predicted octanol–water partition coefficient (Wildman–Crippen LogP) is 2.59. The van der Waals surface area contributed by atoms with Crippen molar-refractivity contribution in [2.75, 3.05) is 18.4 Å². The zero-order valence-electron chi connectivity index (χ0n) is 15.1. The van der Waals surface area contributed by atoms with Gasteiger partial charge in [-0.3, -0.25) is 19.8 Å². The van der Waals surface area contributed by atoms with E-state index in [4.69, 9.17) is 0 Å². The highest BCUT2D eigenvalue weighted by Crippen LogP contribution is 2.28. The van der Waals surface area contributed by atoms with E-state index in [1.54, 1.807) is 11.3 Å². The molecule has 28 heavy (non-hydrogen) atoms. The van der Waals surface area contributed by atoms with Crippen LogP contribution in [-0.2, 0) is 22.6 Å². The molecule has 144 valence electrons. The second kappa shape index (κ2) is 8.37. The fourth-order valence-electron chi connectivity index (χ4n) is 3.43. The zero-order chi connectivity index (χ0) is 19.3. The molecular formula is C20H20N4O3S. The lowest BCUT2D eigenvalue weighted by molar-refractivity contribution is -0.136. The Morgan fingerprint density at radius 1 is 1.18 bits per heavy atom. The monoisotopic (exact) mass is 396 g/mol. The normalized spacial score (nSPS) is 14.9. The van der Waals surface area contributed by atoms with Crippen molar-refractivity contribution < 1.29 is 14.1 Å². The van der Waals surface area contributed by atoms with Gasteiger partial charge in [0.25, 0.3) is 0 Å². The maximum absolute atomic E-state index is 12.2. The van der Waals surface area contributed by atoms with Crippen LogP contribution in [0.2, 0.25) is 0 Å². The molecule has 2 aromatic heterocycles. The number of nitrogens with zero attached hydrogens (tertiary/aromatic N) is 2. The molecule has 1 aliphatic heterocycles. The molecule has 7 nitrogen and oxygen atoms in total. The molecule has 0 bridgehead atoms. The van der Waals surface area contributed by atoms with Gasteiger partial charge in [0.1, 0.15) is 6.26 Å². The standard InChI is InChI=1S/C20H20N4O3S/c25-19(20(26)22-18-6-9-27-23-18)21-11-17(16-7-10-28-13-16)24-8-5-14-3-1-2-4-15(14)12-24/h1-4,6-7,9-10,13,17H,5,8,11-12H2,(H,21,25)(H,22,23,26)/t17-/m1/s1. The third kappa shape index (κ3) is 4.13. The van der Waals surface area contributed by atoms with E-state index >= 15 is 0 Å². The summed E-state index contributed by atoms with van der Waals surface area (Å²) in [6, 6.07) is 12.0. The van der Waals surface area contributed by atoms with E-state index in [-0.39, 0.29) is 11.9 Å². The van der Waals surface area contributed by atoms with E-state index in [2.05, 4.69) is 60.9 Å². The first-order valence-electron chi connectivity index (χ1n) is 9.03. The average molecular weight is 396 g/mol. The minimum absolute atomic E-state index is 0.00315. The maximum atomic E-state index is 12.2. The molecule has 3 heterocycles. The third-order valence-corrected chi connectivity index (χ3v) is 5.57. The highest BCUT2D eigenvalue weighted by molar-refractivity contribution is 7.08. The number of nitrogens with one attached hydrogen (secondary N) is 2. The number of aromatic nitrogens is 1. The molecule has 2 amide bonds. The van der Waals surface area contributed by atoms with Crippen LogP contribution in [0.3, 0.4) is 0 Å². The van der Waals surface area contributed by atoms with Crippen molar-refractivity contribution in [1.82, 2.24) is 15.4 Å². The van der Waals surface area contributed by atoms with Crippen LogP contribution in [0.4, 0.5) is 5.82 Å². The van der Waals surface area contributed by atoms with Crippen LogP contribution in [-0.4, -0.2) is 35.0 Å². The van der Waals surface area contributed by atoms with Crippen LogP contribution in [0.5, 0.6) is 0 Å². The number of carbonyl (C=O) groups excluding carboxylic acids is 2. The molecule has 1 aromatic carbocycles. The van der Waals surface area contributed by atoms with Gasteiger partial charge in [-0.1, -0.05) is 29.4 Å². The summed E-state index contributed by atoms with van der Waals surface area (Å²) in [7, 11) is 0. The number of hydrogen-bond donors (Lipinski definition) is 2. The van der Waals surface area contributed by atoms with Crippen molar-refractivity contribution >= 4 is 29.0 Å². The van der Waals surface area contributed by atoms with E-state index in [1.807, 2.05) is 5.38 Å². The Morgan fingerprint density at radius 3 is 2.79 bits per heavy atom. The second-order valence-electron chi connectivity index (χ2n) is 6.61. The molecule has 1 aliphatic rings. The lowest BCUT2D eigenvalue weighted by Gasteiger charge is -2.35. The van der Waals surface area contributed by atoms with E-state index in [0.29, 0.717) is 6.54 Å². The average Bonchev–Trinajstić information content (AvgIpc) is 3.42. The van der Waals surface area contributed by atoms with Crippen molar-refractivity contribution in [3.8, 4) is 0 Å². The second-order valence-corrected chi connectivity index (χ2v) is 7.39. The summed E-state index contributed by atoms with van der Waals surface area (Å²) in [6.45, 7) is 2.07. The number of anilines is 1. The van der Waals surface area contributed by atoms with Crippen molar-refractivity contribution in [2.45, 2.75) is 19.0 Å². The Hall–Kier alpha value is -2.97. The van der Waals surface area contributed by atoms with Crippen LogP contribution >= 0.6 is 11.3 Å². The molecule has 0 unspecified atom stereocenters. The maximum Gasteiger partial charge on any atom is 0.314 e. The van der Waals surface area contributed by atoms with Crippen LogP contribution in [0.15, 0.2) is 57.9 Å². The highest BCUT2D eigenvalue weighted by atomic mass is 32.1. The number of benzene rings is 1. The van der Waals surface area contributed by atoms with Gasteiger partial charge in [0, 0.05) is 25.7 Å². The molecular weight excluding hydrogens is 376 g/mol. The van der Waals surface area contributed by atoms with Gasteiger partial charge in [-0.25, -0.2) is 0 Å². The van der Waals surface area contributed by atoms with Crippen molar-refractivity contribution in [1.29, 1.82) is 0 Å². The summed E-state index contributed by atoms with van der Waals surface area (Å²) in [5.74, 6) is -1.25. The Labute approximate surface area is 166 Å². The topological polar surface area (TPSA) is 87.5 Å². The minimum Gasteiger partial charge on any atom is -0.363 e. The first-order chi connectivity index (χ1) is 13.7. The SMILES string of the molecule is O=C(NC[C@H](c1ccsc1)N1CCc2ccccc2C1)C(=O)Nc1ccon1. The van der Waals surface area contributed by atoms with Gasteiger partial charge in [-0.15, -0.1) is 0 Å². The first kappa shape index (κ1) is 18.4. The number of carbonyl (C=O) groups is 2. The highest BCUT2D eigenvalue weighted by Gasteiger charge is 2.26. The summed E-state index contributed by atoms with van der Waals surface area (Å²) in [5.41, 5.74) is 3.82. The molecule has 0 spiro atoms. The Bertz CT molecular complexity index is 940. The van der Waals surface area contributed by atoms with Gasteiger partial charge >= 0.3 is 11.8 Å². The lowest BCUT2D eigenvalue weighted by atomic mass is 9.97. The molecule has 2 N–H and O–H groups in total. The van der Waals surface area contributed by atoms with Crippen molar-refractivity contribution in [3.63, 3.8) is 0 Å². The number of amides is 2. The fourth-order valence-corrected chi connectivity index (χ4v) is 4.13. The van der Waals surface area contributed by atoms with Gasteiger partial charge in [-0.2, -0.15) is 11.3 Å². The summed E-state index contributed by atoms with van der Waals surface area (Å²) in [5, 5.41) is 12.9. The van der Waals surface area contributed by atoms with E-state index < -0.39 is 11.8 Å². The quantitative estimate of drug-likeness (QED) is 0.648. The molecule has 0 fully saturated rings. The smallest absolute Gasteiger partial charge is 0.314 e. The molecule has 0 saturated heterocycles. The summed E-state index contributed by atoms with van der Waals surface area (Å²) >= 11 is 1.62. The van der Waals surface area contributed by atoms with Gasteiger partial charge in [0.15, 0.2) is 5.82 Å². The van der Waals surface area contributed by atoms with Crippen LogP contribution in [0.1, 0.15) is 22.7 Å². The first-order valence-corrected chi connectivity index (χ1v) is 9.97. The molecule has 0 saturated carbocycles. The minimum atomic E-state index is -0.762. The Morgan fingerprint density at radius 2 is 2.04 bits per heavy atom. The van der Waals surface area contributed by atoms with Crippen molar-refractivity contribution in [3.05, 3.63) is 70.1 Å². The number of fused-ring (bicyclic) bond motifs is 1.